The second kappa shape index (κ2) is 10.6. The summed E-state index contributed by atoms with van der Waals surface area (Å²) in [5.74, 6) is -0.311. The fraction of sp³-hybridized carbons (Fsp3) is 0.611. The second-order valence-corrected chi connectivity index (χ2v) is 5.40. The summed E-state index contributed by atoms with van der Waals surface area (Å²) in [4.78, 5) is 11.9. The molecule has 5 heteroatoms. The quantitative estimate of drug-likeness (QED) is 0.732. The van der Waals surface area contributed by atoms with Crippen LogP contribution in [-0.4, -0.2) is 26.3 Å². The van der Waals surface area contributed by atoms with Gasteiger partial charge in [-0.3, -0.25) is 4.79 Å². The zero-order chi connectivity index (χ0) is 18.0. The Hall–Kier alpha value is -1.10. The number of ether oxygens (including phenoxy) is 3. The topological polar surface area (TPSA) is 44.8 Å². The predicted octanol–water partition coefficient (Wildman–Crippen LogP) is 4.89. The number of carbonyl (C=O) groups is 1. The van der Waals surface area contributed by atoms with E-state index in [-0.39, 0.29) is 5.97 Å². The summed E-state index contributed by atoms with van der Waals surface area (Å²) in [6.45, 7) is 12.7. The van der Waals surface area contributed by atoms with Gasteiger partial charge in [-0.1, -0.05) is 39.3 Å². The average molecular weight is 345 g/mol. The molecule has 1 saturated heterocycles. The number of benzene rings is 1. The van der Waals surface area contributed by atoms with Crippen molar-refractivity contribution in [3.05, 3.63) is 34.3 Å². The van der Waals surface area contributed by atoms with Crippen LogP contribution in [0.5, 0.6) is 0 Å². The Kier molecular flexibility index (Phi) is 10.1. The van der Waals surface area contributed by atoms with E-state index in [4.69, 9.17) is 25.8 Å². The highest BCUT2D eigenvalue weighted by molar-refractivity contribution is 6.30. The van der Waals surface area contributed by atoms with Crippen molar-refractivity contribution in [1.82, 2.24) is 0 Å². The fourth-order valence-corrected chi connectivity index (χ4v) is 2.28. The van der Waals surface area contributed by atoms with E-state index >= 15 is 0 Å². The number of carbonyl (C=O) groups excluding carboxylic acids is 1. The summed E-state index contributed by atoms with van der Waals surface area (Å²) < 4.78 is 15.7. The molecule has 132 valence electrons. The molecule has 1 aliphatic heterocycles. The van der Waals surface area contributed by atoms with Crippen molar-refractivity contribution in [1.29, 1.82) is 0 Å². The minimum absolute atomic E-state index is 0.311. The zero-order valence-corrected chi connectivity index (χ0v) is 16.0. The highest BCUT2D eigenvalue weighted by Crippen LogP contribution is 2.32. The molecule has 0 atom stereocenters. The van der Waals surface area contributed by atoms with Crippen molar-refractivity contribution in [2.75, 3.05) is 20.3 Å². The predicted molar refractivity (Wildman–Crippen MR) is 93.8 cm³/mol. The van der Waals surface area contributed by atoms with Crippen molar-refractivity contribution in [2.45, 2.75) is 53.2 Å². The number of rotatable bonds is 3. The molecular formula is C18H29ClO4. The van der Waals surface area contributed by atoms with Gasteiger partial charge in [0.25, 0.3) is 0 Å². The minimum Gasteiger partial charge on any atom is -0.468 e. The Morgan fingerprint density at radius 2 is 1.65 bits per heavy atom. The molecule has 0 bridgehead atoms. The third-order valence-corrected chi connectivity index (χ3v) is 3.45. The van der Waals surface area contributed by atoms with E-state index in [0.717, 1.165) is 11.1 Å². The third kappa shape index (κ3) is 5.79. The van der Waals surface area contributed by atoms with Gasteiger partial charge in [0.1, 0.15) is 0 Å². The first-order valence-electron chi connectivity index (χ1n) is 8.07. The van der Waals surface area contributed by atoms with Gasteiger partial charge in [0.2, 0.25) is 0 Å². The normalized spacial score (nSPS) is 14.3. The smallest absolute Gasteiger partial charge is 0.315 e. The molecule has 1 aromatic rings. The maximum Gasteiger partial charge on any atom is 0.315 e. The molecule has 0 spiro atoms. The maximum atomic E-state index is 11.9. The fourth-order valence-electron chi connectivity index (χ4n) is 2.03. The van der Waals surface area contributed by atoms with E-state index in [0.29, 0.717) is 18.2 Å². The van der Waals surface area contributed by atoms with Crippen LogP contribution in [0.2, 0.25) is 5.02 Å². The van der Waals surface area contributed by atoms with Crippen molar-refractivity contribution in [3.63, 3.8) is 0 Å². The molecule has 1 heterocycles. The largest absolute Gasteiger partial charge is 0.468 e. The molecule has 23 heavy (non-hydrogen) atoms. The molecule has 0 N–H and O–H groups in total. The number of hydrogen-bond donors (Lipinski definition) is 0. The molecule has 1 aromatic carbocycles. The van der Waals surface area contributed by atoms with Crippen LogP contribution in [0.1, 0.15) is 59.0 Å². The van der Waals surface area contributed by atoms with Gasteiger partial charge in [-0.2, -0.15) is 0 Å². The summed E-state index contributed by atoms with van der Waals surface area (Å²) in [5.41, 5.74) is 0.824. The Balaban J connectivity index is 0.00000112. The van der Waals surface area contributed by atoms with E-state index in [1.54, 1.807) is 26.0 Å². The number of esters is 1. The summed E-state index contributed by atoms with van der Waals surface area (Å²) >= 11 is 6.12. The highest BCUT2D eigenvalue weighted by atomic mass is 35.5. The SMILES string of the molecule is CC.CC.COC(=O)C(C)(C)c1cc(Cl)cc(C2OCCO2)c1. The van der Waals surface area contributed by atoms with E-state index in [1.165, 1.54) is 7.11 Å². The van der Waals surface area contributed by atoms with Crippen molar-refractivity contribution in [3.8, 4) is 0 Å². The van der Waals surface area contributed by atoms with Gasteiger partial charge in [-0.25, -0.2) is 0 Å². The van der Waals surface area contributed by atoms with Gasteiger partial charge in [0, 0.05) is 10.6 Å². The monoisotopic (exact) mass is 344 g/mol. The van der Waals surface area contributed by atoms with E-state index in [2.05, 4.69) is 0 Å². The molecule has 0 unspecified atom stereocenters. The molecule has 2 rings (SSSR count). The molecule has 1 aliphatic rings. The molecular weight excluding hydrogens is 316 g/mol. The Morgan fingerprint density at radius 1 is 1.13 bits per heavy atom. The van der Waals surface area contributed by atoms with Crippen molar-refractivity contribution >= 4 is 17.6 Å². The van der Waals surface area contributed by atoms with Crippen LogP contribution in [0.4, 0.5) is 0 Å². The van der Waals surface area contributed by atoms with E-state index in [9.17, 15) is 4.79 Å². The molecule has 0 aliphatic carbocycles. The van der Waals surface area contributed by atoms with Gasteiger partial charge < -0.3 is 14.2 Å². The lowest BCUT2D eigenvalue weighted by molar-refractivity contribution is -0.146. The zero-order valence-electron chi connectivity index (χ0n) is 15.2. The van der Waals surface area contributed by atoms with E-state index in [1.807, 2.05) is 33.8 Å². The number of methoxy groups -OCH3 is 1. The van der Waals surface area contributed by atoms with Gasteiger partial charge >= 0.3 is 5.97 Å². The molecule has 0 amide bonds. The maximum absolute atomic E-state index is 11.9. The molecule has 0 saturated carbocycles. The van der Waals surface area contributed by atoms with Crippen LogP contribution in [0.25, 0.3) is 0 Å². The Morgan fingerprint density at radius 3 is 2.13 bits per heavy atom. The standard InChI is InChI=1S/C14H17ClO4.2C2H6/c1-14(2,13(16)17-3)10-6-9(7-11(15)8-10)12-18-4-5-19-12;2*1-2/h6-8,12H,4-5H2,1-3H3;2*1-2H3. The summed E-state index contributed by atoms with van der Waals surface area (Å²) in [6, 6.07) is 5.42. The first-order valence-corrected chi connectivity index (χ1v) is 8.45. The molecule has 1 fully saturated rings. The summed E-state index contributed by atoms with van der Waals surface area (Å²) in [5, 5.41) is 0.545. The summed E-state index contributed by atoms with van der Waals surface area (Å²) in [7, 11) is 1.37. The van der Waals surface area contributed by atoms with Gasteiger partial charge in [0.05, 0.1) is 25.7 Å². The average Bonchev–Trinajstić information content (AvgIpc) is 3.11. The highest BCUT2D eigenvalue weighted by Gasteiger charge is 2.32. The van der Waals surface area contributed by atoms with Crippen LogP contribution in [0, 0.1) is 0 Å². The van der Waals surface area contributed by atoms with Crippen LogP contribution in [0.15, 0.2) is 18.2 Å². The Labute approximate surface area is 145 Å². The first-order chi connectivity index (χ1) is 10.9. The molecule has 4 nitrogen and oxygen atoms in total. The Bertz CT molecular complexity index is 480. The van der Waals surface area contributed by atoms with Crippen molar-refractivity contribution < 1.29 is 19.0 Å². The van der Waals surface area contributed by atoms with E-state index < -0.39 is 11.7 Å². The van der Waals surface area contributed by atoms with Gasteiger partial charge in [0.15, 0.2) is 6.29 Å². The lowest BCUT2D eigenvalue weighted by Crippen LogP contribution is -2.30. The minimum atomic E-state index is -0.771. The number of hydrogen-bond acceptors (Lipinski definition) is 4. The van der Waals surface area contributed by atoms with Crippen LogP contribution in [-0.2, 0) is 24.4 Å². The molecule has 0 radical (unpaired) electrons. The van der Waals surface area contributed by atoms with Gasteiger partial charge in [-0.15, -0.1) is 0 Å². The van der Waals surface area contributed by atoms with Crippen LogP contribution < -0.4 is 0 Å². The first kappa shape index (κ1) is 21.9. The third-order valence-electron chi connectivity index (χ3n) is 3.23. The number of halogens is 1. The second-order valence-electron chi connectivity index (χ2n) is 4.96. The van der Waals surface area contributed by atoms with Crippen LogP contribution >= 0.6 is 11.6 Å². The lowest BCUT2D eigenvalue weighted by Gasteiger charge is -2.23. The van der Waals surface area contributed by atoms with Crippen molar-refractivity contribution in [2.24, 2.45) is 0 Å². The lowest BCUT2D eigenvalue weighted by atomic mass is 9.84. The van der Waals surface area contributed by atoms with Crippen LogP contribution in [0.3, 0.4) is 0 Å². The van der Waals surface area contributed by atoms with Gasteiger partial charge in [-0.05, 0) is 37.6 Å². The summed E-state index contributed by atoms with van der Waals surface area (Å²) in [6.07, 6.45) is -0.411. The molecule has 0 aromatic heterocycles.